The fourth-order valence-corrected chi connectivity index (χ4v) is 3.14. The van der Waals surface area contributed by atoms with Gasteiger partial charge < -0.3 is 9.84 Å². The fraction of sp³-hybridized carbons (Fsp3) is 0.647. The number of ether oxygens (including phenoxy) is 1. The van der Waals surface area contributed by atoms with Crippen LogP contribution in [0.15, 0.2) is 24.3 Å². The molecule has 0 spiro atoms. The molecule has 1 fully saturated rings. The van der Waals surface area contributed by atoms with Crippen molar-refractivity contribution in [1.29, 1.82) is 0 Å². The third kappa shape index (κ3) is 3.58. The van der Waals surface area contributed by atoms with Crippen LogP contribution in [0.5, 0.6) is 0 Å². The minimum atomic E-state index is -0.527. The molecule has 0 saturated heterocycles. The van der Waals surface area contributed by atoms with Crippen LogP contribution in [-0.4, -0.2) is 23.4 Å². The van der Waals surface area contributed by atoms with E-state index in [9.17, 15) is 9.50 Å². The largest absolute Gasteiger partial charge is 0.390 e. The van der Waals surface area contributed by atoms with Gasteiger partial charge >= 0.3 is 0 Å². The van der Waals surface area contributed by atoms with Crippen LogP contribution in [0.25, 0.3) is 0 Å². The van der Waals surface area contributed by atoms with Gasteiger partial charge in [-0.15, -0.1) is 0 Å². The van der Waals surface area contributed by atoms with E-state index < -0.39 is 11.7 Å². The highest BCUT2D eigenvalue weighted by molar-refractivity contribution is 5.18. The number of rotatable bonds is 5. The van der Waals surface area contributed by atoms with Crippen molar-refractivity contribution >= 4 is 0 Å². The first-order valence-corrected chi connectivity index (χ1v) is 7.62. The van der Waals surface area contributed by atoms with Crippen LogP contribution in [0.4, 0.5) is 4.39 Å². The average Bonchev–Trinajstić information content (AvgIpc) is 2.44. The summed E-state index contributed by atoms with van der Waals surface area (Å²) in [6.45, 7) is 4.85. The number of benzene rings is 1. The van der Waals surface area contributed by atoms with Crippen LogP contribution >= 0.6 is 0 Å². The van der Waals surface area contributed by atoms with Crippen LogP contribution in [-0.2, 0) is 11.2 Å². The second-order valence-corrected chi connectivity index (χ2v) is 6.03. The molecule has 1 aromatic carbocycles. The van der Waals surface area contributed by atoms with Gasteiger partial charge in [0, 0.05) is 13.0 Å². The van der Waals surface area contributed by atoms with Crippen molar-refractivity contribution < 1.29 is 14.2 Å². The van der Waals surface area contributed by atoms with E-state index in [4.69, 9.17) is 4.74 Å². The molecule has 20 heavy (non-hydrogen) atoms. The summed E-state index contributed by atoms with van der Waals surface area (Å²) in [7, 11) is 0. The Hall–Kier alpha value is -0.930. The van der Waals surface area contributed by atoms with Crippen molar-refractivity contribution in [3.8, 4) is 0 Å². The van der Waals surface area contributed by atoms with E-state index >= 15 is 0 Å². The molecule has 1 aliphatic carbocycles. The van der Waals surface area contributed by atoms with Crippen LogP contribution in [0.1, 0.15) is 45.1 Å². The van der Waals surface area contributed by atoms with Gasteiger partial charge in [-0.3, -0.25) is 0 Å². The first kappa shape index (κ1) is 15.5. The number of hydrogen-bond donors (Lipinski definition) is 1. The molecule has 0 bridgehead atoms. The highest BCUT2D eigenvalue weighted by Crippen LogP contribution is 2.38. The van der Waals surface area contributed by atoms with Gasteiger partial charge in [0.25, 0.3) is 0 Å². The molecule has 2 rings (SSSR count). The summed E-state index contributed by atoms with van der Waals surface area (Å²) < 4.78 is 18.9. The maximum Gasteiger partial charge on any atom is 0.123 e. The van der Waals surface area contributed by atoms with Gasteiger partial charge in [0.05, 0.1) is 11.7 Å². The highest BCUT2D eigenvalue weighted by atomic mass is 19.1. The topological polar surface area (TPSA) is 29.5 Å². The van der Waals surface area contributed by atoms with Crippen molar-refractivity contribution in [3.05, 3.63) is 35.6 Å². The standard InChI is InChI=1S/C17H25FO2/c1-3-20-17(10-8-13(2)9-11-17)16(19)12-14-4-6-15(18)7-5-14/h4-7,13,16,19H,3,8-12H2,1-2H3. The Bertz CT molecular complexity index is 408. The molecule has 112 valence electrons. The maximum absolute atomic E-state index is 12.9. The lowest BCUT2D eigenvalue weighted by Crippen LogP contribution is -2.48. The zero-order valence-corrected chi connectivity index (χ0v) is 12.4. The van der Waals surface area contributed by atoms with Gasteiger partial charge in [0.15, 0.2) is 0 Å². The molecule has 0 heterocycles. The highest BCUT2D eigenvalue weighted by Gasteiger charge is 2.41. The summed E-state index contributed by atoms with van der Waals surface area (Å²) in [4.78, 5) is 0. The summed E-state index contributed by atoms with van der Waals surface area (Å²) >= 11 is 0. The number of aliphatic hydroxyl groups excluding tert-OH is 1. The van der Waals surface area contributed by atoms with E-state index in [1.165, 1.54) is 12.1 Å². The monoisotopic (exact) mass is 280 g/mol. The lowest BCUT2D eigenvalue weighted by molar-refractivity contribution is -0.143. The maximum atomic E-state index is 12.9. The first-order valence-electron chi connectivity index (χ1n) is 7.62. The fourth-order valence-electron chi connectivity index (χ4n) is 3.14. The van der Waals surface area contributed by atoms with Gasteiger partial charge in [-0.1, -0.05) is 19.1 Å². The van der Waals surface area contributed by atoms with Crippen molar-refractivity contribution in [2.45, 2.75) is 57.7 Å². The Balaban J connectivity index is 2.06. The Morgan fingerprint density at radius 2 is 1.90 bits per heavy atom. The van der Waals surface area contributed by atoms with Gasteiger partial charge in [0.1, 0.15) is 5.82 Å². The van der Waals surface area contributed by atoms with E-state index in [-0.39, 0.29) is 5.82 Å². The van der Waals surface area contributed by atoms with Gasteiger partial charge in [-0.05, 0) is 56.2 Å². The van der Waals surface area contributed by atoms with Crippen LogP contribution < -0.4 is 0 Å². The Morgan fingerprint density at radius 3 is 2.45 bits per heavy atom. The zero-order chi connectivity index (χ0) is 14.6. The molecule has 1 saturated carbocycles. The molecule has 3 heteroatoms. The summed E-state index contributed by atoms with van der Waals surface area (Å²) in [6.07, 6.45) is 4.00. The molecule has 1 N–H and O–H groups in total. The van der Waals surface area contributed by atoms with Crippen molar-refractivity contribution in [3.63, 3.8) is 0 Å². The van der Waals surface area contributed by atoms with Gasteiger partial charge in [-0.2, -0.15) is 0 Å². The molecular formula is C17H25FO2. The Labute approximate surface area is 121 Å². The second-order valence-electron chi connectivity index (χ2n) is 6.03. The first-order chi connectivity index (χ1) is 9.55. The summed E-state index contributed by atoms with van der Waals surface area (Å²) in [6, 6.07) is 6.37. The minimum Gasteiger partial charge on any atom is -0.390 e. The van der Waals surface area contributed by atoms with E-state index in [0.717, 1.165) is 31.2 Å². The lowest BCUT2D eigenvalue weighted by atomic mass is 9.75. The predicted octanol–water partition coefficient (Wildman–Crippen LogP) is 3.71. The summed E-state index contributed by atoms with van der Waals surface area (Å²) in [5.74, 6) is 0.468. The van der Waals surface area contributed by atoms with Crippen LogP contribution in [0.3, 0.4) is 0 Å². The second kappa shape index (κ2) is 6.68. The normalized spacial score (nSPS) is 28.3. The molecule has 1 atom stereocenters. The molecule has 1 aliphatic rings. The van der Waals surface area contributed by atoms with Crippen LogP contribution in [0, 0.1) is 11.7 Å². The van der Waals surface area contributed by atoms with Crippen molar-refractivity contribution in [2.75, 3.05) is 6.61 Å². The number of hydrogen-bond acceptors (Lipinski definition) is 2. The van der Waals surface area contributed by atoms with E-state index in [2.05, 4.69) is 6.92 Å². The molecule has 1 aromatic rings. The SMILES string of the molecule is CCOC1(C(O)Cc2ccc(F)cc2)CCC(C)CC1. The lowest BCUT2D eigenvalue weighted by Gasteiger charge is -2.42. The molecule has 0 amide bonds. The Kier molecular flexibility index (Phi) is 5.17. The summed E-state index contributed by atoms with van der Waals surface area (Å²) in [5.41, 5.74) is 0.534. The number of aliphatic hydroxyl groups is 1. The minimum absolute atomic E-state index is 0.241. The van der Waals surface area contributed by atoms with E-state index in [1.54, 1.807) is 12.1 Å². The average molecular weight is 280 g/mol. The number of halogens is 1. The van der Waals surface area contributed by atoms with Gasteiger partial charge in [0.2, 0.25) is 0 Å². The molecule has 0 radical (unpaired) electrons. The quantitative estimate of drug-likeness (QED) is 0.891. The summed E-state index contributed by atoms with van der Waals surface area (Å²) in [5, 5.41) is 10.6. The molecule has 1 unspecified atom stereocenters. The Morgan fingerprint density at radius 1 is 1.30 bits per heavy atom. The van der Waals surface area contributed by atoms with Crippen molar-refractivity contribution in [1.82, 2.24) is 0 Å². The third-order valence-electron chi connectivity index (χ3n) is 4.50. The third-order valence-corrected chi connectivity index (χ3v) is 4.50. The van der Waals surface area contributed by atoms with Gasteiger partial charge in [-0.25, -0.2) is 4.39 Å². The molecule has 0 aromatic heterocycles. The zero-order valence-electron chi connectivity index (χ0n) is 12.4. The molecule has 0 aliphatic heterocycles. The van der Waals surface area contributed by atoms with E-state index in [1.807, 2.05) is 6.92 Å². The molecule has 2 nitrogen and oxygen atoms in total. The smallest absolute Gasteiger partial charge is 0.123 e. The van der Waals surface area contributed by atoms with E-state index in [0.29, 0.717) is 18.9 Å². The van der Waals surface area contributed by atoms with Crippen molar-refractivity contribution in [2.24, 2.45) is 5.92 Å². The van der Waals surface area contributed by atoms with Crippen LogP contribution in [0.2, 0.25) is 0 Å². The predicted molar refractivity (Wildman–Crippen MR) is 78.1 cm³/mol. The molecular weight excluding hydrogens is 255 g/mol.